The molecule has 1 aliphatic heterocycles. The molecule has 6 heteroatoms. The van der Waals surface area contributed by atoms with Crippen molar-refractivity contribution in [3.8, 4) is 0 Å². The molecule has 2 rings (SSSR count). The van der Waals surface area contributed by atoms with Crippen LogP contribution in [-0.2, 0) is 0 Å². The van der Waals surface area contributed by atoms with Gasteiger partial charge in [-0.25, -0.2) is 0 Å². The van der Waals surface area contributed by atoms with E-state index in [1.807, 2.05) is 0 Å². The maximum absolute atomic E-state index is 5.69. The molecule has 0 aromatic carbocycles. The topological polar surface area (TPSA) is 67.1 Å². The van der Waals surface area contributed by atoms with Gasteiger partial charge in [0, 0.05) is 12.6 Å². The largest absolute Gasteiger partial charge is 0.389 e. The van der Waals surface area contributed by atoms with E-state index < -0.39 is 0 Å². The van der Waals surface area contributed by atoms with E-state index in [1.165, 1.54) is 13.0 Å². The first kappa shape index (κ1) is 13.2. The Bertz CT molecular complexity index is 423. The molecule has 98 valence electrons. The lowest BCUT2D eigenvalue weighted by atomic mass is 10.1. The summed E-state index contributed by atoms with van der Waals surface area (Å²) in [6.45, 7) is 5.48. The van der Waals surface area contributed by atoms with E-state index in [2.05, 4.69) is 27.3 Å². The summed E-state index contributed by atoms with van der Waals surface area (Å²) in [7, 11) is 0. The Morgan fingerprint density at radius 3 is 3.22 bits per heavy atom. The van der Waals surface area contributed by atoms with Gasteiger partial charge in [-0.05, 0) is 32.0 Å². The summed E-state index contributed by atoms with van der Waals surface area (Å²) in [5.41, 5.74) is 6.46. The van der Waals surface area contributed by atoms with E-state index >= 15 is 0 Å². The summed E-state index contributed by atoms with van der Waals surface area (Å²) in [6, 6.07) is 2.20. The summed E-state index contributed by atoms with van der Waals surface area (Å²) in [4.78, 5) is 2.79. The quantitative estimate of drug-likeness (QED) is 0.792. The van der Waals surface area contributed by atoms with Gasteiger partial charge >= 0.3 is 0 Å². The van der Waals surface area contributed by atoms with Gasteiger partial charge in [-0.2, -0.15) is 5.10 Å². The van der Waals surface area contributed by atoms with Crippen LogP contribution in [-0.4, -0.2) is 45.8 Å². The molecule has 0 bridgehead atoms. The van der Waals surface area contributed by atoms with E-state index in [0.717, 1.165) is 25.1 Å². The van der Waals surface area contributed by atoms with Crippen molar-refractivity contribution in [3.63, 3.8) is 0 Å². The third-order valence-corrected chi connectivity index (χ3v) is 3.50. The standard InChI is InChI=1S/C12H19N5S/c1-2-17-7-3-4-9(8-17)15-12-10(11(13)18)5-6-14-16-12/h5-6,9H,2-4,7-8H2,1H3,(H2,13,18)(H,15,16). The Morgan fingerprint density at radius 1 is 1.67 bits per heavy atom. The first-order chi connectivity index (χ1) is 8.70. The van der Waals surface area contributed by atoms with Gasteiger partial charge in [0.25, 0.3) is 0 Å². The molecule has 1 fully saturated rings. The Morgan fingerprint density at radius 2 is 2.50 bits per heavy atom. The molecular weight excluding hydrogens is 246 g/mol. The van der Waals surface area contributed by atoms with Gasteiger partial charge in [-0.15, -0.1) is 5.10 Å². The van der Waals surface area contributed by atoms with Crippen molar-refractivity contribution in [2.24, 2.45) is 5.73 Å². The van der Waals surface area contributed by atoms with Crippen LogP contribution in [0.4, 0.5) is 5.82 Å². The Balaban J connectivity index is 2.07. The number of hydrogen-bond acceptors (Lipinski definition) is 5. The summed E-state index contributed by atoms with van der Waals surface area (Å²) in [6.07, 6.45) is 3.96. The maximum Gasteiger partial charge on any atom is 0.159 e. The van der Waals surface area contributed by atoms with Gasteiger partial charge in [0.15, 0.2) is 5.82 Å². The number of likely N-dealkylation sites (N-methyl/N-ethyl adjacent to an activating group) is 1. The lowest BCUT2D eigenvalue weighted by Crippen LogP contribution is -2.42. The molecule has 18 heavy (non-hydrogen) atoms. The zero-order valence-corrected chi connectivity index (χ0v) is 11.4. The molecule has 1 aromatic heterocycles. The molecule has 1 aromatic rings. The summed E-state index contributed by atoms with van der Waals surface area (Å²) in [5.74, 6) is 0.702. The third kappa shape index (κ3) is 3.14. The van der Waals surface area contributed by atoms with Gasteiger partial charge in [0.1, 0.15) is 4.99 Å². The highest BCUT2D eigenvalue weighted by molar-refractivity contribution is 7.80. The first-order valence-corrected chi connectivity index (χ1v) is 6.72. The fraction of sp³-hybridized carbons (Fsp3) is 0.583. The summed E-state index contributed by atoms with van der Waals surface area (Å²) in [5, 5.41) is 11.4. The van der Waals surface area contributed by atoms with Gasteiger partial charge in [-0.1, -0.05) is 19.1 Å². The molecular formula is C12H19N5S. The van der Waals surface area contributed by atoms with Crippen LogP contribution in [0, 0.1) is 0 Å². The molecule has 0 saturated carbocycles. The van der Waals surface area contributed by atoms with E-state index in [4.69, 9.17) is 18.0 Å². The van der Waals surface area contributed by atoms with Gasteiger partial charge in [0.05, 0.1) is 11.8 Å². The molecule has 5 nitrogen and oxygen atoms in total. The smallest absolute Gasteiger partial charge is 0.159 e. The molecule has 0 radical (unpaired) electrons. The average Bonchev–Trinajstić information content (AvgIpc) is 2.39. The third-order valence-electron chi connectivity index (χ3n) is 3.28. The summed E-state index contributed by atoms with van der Waals surface area (Å²) >= 11 is 5.02. The van der Waals surface area contributed by atoms with Crippen LogP contribution in [0.3, 0.4) is 0 Å². The zero-order chi connectivity index (χ0) is 13.0. The Kier molecular flexibility index (Phi) is 4.43. The van der Waals surface area contributed by atoms with E-state index in [-0.39, 0.29) is 0 Å². The van der Waals surface area contributed by atoms with Crippen LogP contribution in [0.15, 0.2) is 12.3 Å². The summed E-state index contributed by atoms with van der Waals surface area (Å²) < 4.78 is 0. The van der Waals surface area contributed by atoms with Crippen LogP contribution in [0.25, 0.3) is 0 Å². The Hall–Kier alpha value is -1.27. The molecule has 0 aliphatic carbocycles. The van der Waals surface area contributed by atoms with Gasteiger partial charge in [-0.3, -0.25) is 0 Å². The second-order valence-electron chi connectivity index (χ2n) is 4.53. The lowest BCUT2D eigenvalue weighted by molar-refractivity contribution is 0.226. The van der Waals surface area contributed by atoms with Crippen molar-refractivity contribution in [1.29, 1.82) is 0 Å². The van der Waals surface area contributed by atoms with Crippen LogP contribution >= 0.6 is 12.2 Å². The number of hydrogen-bond donors (Lipinski definition) is 2. The first-order valence-electron chi connectivity index (χ1n) is 6.31. The van der Waals surface area contributed by atoms with Crippen LogP contribution < -0.4 is 11.1 Å². The minimum Gasteiger partial charge on any atom is -0.389 e. The van der Waals surface area contributed by atoms with Crippen LogP contribution in [0.1, 0.15) is 25.3 Å². The number of rotatable bonds is 4. The monoisotopic (exact) mass is 265 g/mol. The van der Waals surface area contributed by atoms with Crippen molar-refractivity contribution in [2.45, 2.75) is 25.8 Å². The highest BCUT2D eigenvalue weighted by Crippen LogP contribution is 2.17. The van der Waals surface area contributed by atoms with Crippen LogP contribution in [0.5, 0.6) is 0 Å². The van der Waals surface area contributed by atoms with Gasteiger partial charge < -0.3 is 16.0 Å². The molecule has 1 unspecified atom stereocenters. The molecule has 0 amide bonds. The number of nitrogens with one attached hydrogen (secondary N) is 1. The zero-order valence-electron chi connectivity index (χ0n) is 10.6. The number of nitrogens with two attached hydrogens (primary N) is 1. The number of aromatic nitrogens is 2. The van der Waals surface area contributed by atoms with Crippen LogP contribution in [0.2, 0.25) is 0 Å². The fourth-order valence-corrected chi connectivity index (χ4v) is 2.46. The second kappa shape index (κ2) is 6.06. The second-order valence-corrected chi connectivity index (χ2v) is 4.97. The molecule has 1 aliphatic rings. The highest BCUT2D eigenvalue weighted by atomic mass is 32.1. The molecule has 0 spiro atoms. The minimum atomic E-state index is 0.357. The van der Waals surface area contributed by atoms with E-state index in [9.17, 15) is 0 Å². The predicted octanol–water partition coefficient (Wildman–Crippen LogP) is 1.01. The maximum atomic E-state index is 5.69. The number of thiocarbonyl (C=S) groups is 1. The fourth-order valence-electron chi connectivity index (χ4n) is 2.29. The molecule has 1 saturated heterocycles. The number of anilines is 1. The van der Waals surface area contributed by atoms with Crippen molar-refractivity contribution < 1.29 is 0 Å². The van der Waals surface area contributed by atoms with Crippen molar-refractivity contribution in [3.05, 3.63) is 17.8 Å². The minimum absolute atomic E-state index is 0.357. The lowest BCUT2D eigenvalue weighted by Gasteiger charge is -2.32. The molecule has 3 N–H and O–H groups in total. The number of nitrogens with zero attached hydrogens (tertiary/aromatic N) is 3. The average molecular weight is 265 g/mol. The molecule has 1 atom stereocenters. The van der Waals surface area contributed by atoms with E-state index in [1.54, 1.807) is 12.3 Å². The van der Waals surface area contributed by atoms with Crippen molar-refractivity contribution in [2.75, 3.05) is 25.0 Å². The number of likely N-dealkylation sites (tertiary alicyclic amines) is 1. The van der Waals surface area contributed by atoms with Crippen molar-refractivity contribution >= 4 is 23.0 Å². The Labute approximate surface area is 113 Å². The normalized spacial score (nSPS) is 20.6. The predicted molar refractivity (Wildman–Crippen MR) is 76.7 cm³/mol. The van der Waals surface area contributed by atoms with Gasteiger partial charge in [0.2, 0.25) is 0 Å². The van der Waals surface area contributed by atoms with Crippen molar-refractivity contribution in [1.82, 2.24) is 15.1 Å². The number of piperidine rings is 1. The highest BCUT2D eigenvalue weighted by Gasteiger charge is 2.20. The van der Waals surface area contributed by atoms with E-state index in [0.29, 0.717) is 16.8 Å². The SMILES string of the molecule is CCN1CCCC(Nc2nnccc2C(N)=S)C1. The molecule has 2 heterocycles.